The van der Waals surface area contributed by atoms with Gasteiger partial charge in [0.05, 0.1) is 4.91 Å². The molecule has 0 saturated carbocycles. The molecule has 1 aliphatic heterocycles. The molecule has 1 saturated heterocycles. The lowest BCUT2D eigenvalue weighted by Crippen LogP contribution is -2.44. The van der Waals surface area contributed by atoms with E-state index in [0.717, 1.165) is 16.8 Å². The van der Waals surface area contributed by atoms with Crippen LogP contribution in [0.3, 0.4) is 0 Å². The predicted octanol–water partition coefficient (Wildman–Crippen LogP) is 3.08. The summed E-state index contributed by atoms with van der Waals surface area (Å²) >= 11 is 6.16. The van der Waals surface area contributed by atoms with Gasteiger partial charge < -0.3 is 5.11 Å². The van der Waals surface area contributed by atoms with Crippen molar-refractivity contribution in [2.24, 2.45) is 0 Å². The highest BCUT2D eigenvalue weighted by Gasteiger charge is 2.33. The minimum absolute atomic E-state index is 0.0609. The first-order valence-corrected chi connectivity index (χ1v) is 8.30. The molecule has 2 aromatic rings. The van der Waals surface area contributed by atoms with Crippen LogP contribution in [0.5, 0.6) is 5.75 Å². The van der Waals surface area contributed by atoms with Gasteiger partial charge >= 0.3 is 0 Å². The summed E-state index contributed by atoms with van der Waals surface area (Å²) in [5.74, 6) is -1.49. The van der Waals surface area contributed by atoms with Gasteiger partial charge in [-0.25, -0.2) is 4.39 Å². The average molecular weight is 374 g/mol. The largest absolute Gasteiger partial charge is 0.508 e. The molecule has 0 spiro atoms. The van der Waals surface area contributed by atoms with Crippen molar-refractivity contribution in [2.45, 2.75) is 0 Å². The molecule has 0 aromatic heterocycles. The summed E-state index contributed by atoms with van der Waals surface area (Å²) in [6.45, 7) is 0. The average Bonchev–Trinajstić information content (AvgIpc) is 2.84. The molecule has 3 rings (SSSR count). The highest BCUT2D eigenvalue weighted by Crippen LogP contribution is 2.31. The van der Waals surface area contributed by atoms with Crippen LogP contribution >= 0.6 is 24.0 Å². The monoisotopic (exact) mass is 374 g/mol. The summed E-state index contributed by atoms with van der Waals surface area (Å²) in [6.07, 6.45) is 1.57. The number of thioether (sulfide) groups is 1. The lowest BCUT2D eigenvalue weighted by atomic mass is 10.2. The van der Waals surface area contributed by atoms with Gasteiger partial charge in [0.15, 0.2) is 4.32 Å². The van der Waals surface area contributed by atoms with Crippen molar-refractivity contribution in [1.29, 1.82) is 0 Å². The maximum atomic E-state index is 12.9. The second kappa shape index (κ2) is 7.04. The van der Waals surface area contributed by atoms with Gasteiger partial charge in [-0.3, -0.25) is 15.0 Å². The number of nitrogens with one attached hydrogen (secondary N) is 1. The molecule has 0 atom stereocenters. The Labute approximate surface area is 152 Å². The van der Waals surface area contributed by atoms with Gasteiger partial charge in [-0.2, -0.15) is 5.01 Å². The van der Waals surface area contributed by atoms with E-state index < -0.39 is 11.8 Å². The number of phenols is 1. The molecule has 0 radical (unpaired) electrons. The van der Waals surface area contributed by atoms with E-state index in [4.69, 9.17) is 12.2 Å². The van der Waals surface area contributed by atoms with Crippen molar-refractivity contribution >= 4 is 46.2 Å². The second-order valence-corrected chi connectivity index (χ2v) is 6.74. The lowest BCUT2D eigenvalue weighted by molar-refractivity contribution is -0.123. The van der Waals surface area contributed by atoms with E-state index in [1.807, 2.05) is 0 Å². The van der Waals surface area contributed by atoms with Crippen molar-refractivity contribution in [3.05, 3.63) is 70.4 Å². The van der Waals surface area contributed by atoms with Gasteiger partial charge in [0.2, 0.25) is 0 Å². The molecule has 8 heteroatoms. The lowest BCUT2D eigenvalue weighted by Gasteiger charge is -2.15. The Morgan fingerprint density at radius 1 is 1.24 bits per heavy atom. The first-order valence-electron chi connectivity index (χ1n) is 7.07. The summed E-state index contributed by atoms with van der Waals surface area (Å²) in [5, 5.41) is 10.4. The molecule has 25 heavy (non-hydrogen) atoms. The number of rotatable bonds is 3. The van der Waals surface area contributed by atoms with Gasteiger partial charge in [-0.15, -0.1) is 0 Å². The zero-order valence-corrected chi connectivity index (χ0v) is 14.2. The van der Waals surface area contributed by atoms with Crippen LogP contribution in [0.1, 0.15) is 15.9 Å². The number of carbonyl (C=O) groups excluding carboxylic acids is 2. The van der Waals surface area contributed by atoms with E-state index in [2.05, 4.69) is 5.43 Å². The Morgan fingerprint density at radius 2 is 1.96 bits per heavy atom. The Bertz CT molecular complexity index is 897. The van der Waals surface area contributed by atoms with Crippen molar-refractivity contribution < 1.29 is 19.1 Å². The topological polar surface area (TPSA) is 69.6 Å². The molecule has 2 aromatic carbocycles. The Balaban J connectivity index is 1.77. The number of aromatic hydroxyl groups is 1. The summed E-state index contributed by atoms with van der Waals surface area (Å²) in [7, 11) is 0. The van der Waals surface area contributed by atoms with Crippen molar-refractivity contribution in [3.8, 4) is 5.75 Å². The van der Waals surface area contributed by atoms with Crippen LogP contribution in [0, 0.1) is 5.82 Å². The summed E-state index contributed by atoms with van der Waals surface area (Å²) < 4.78 is 13.1. The first kappa shape index (κ1) is 17.1. The standard InChI is InChI=1S/C17H11FN2O3S2/c18-12-6-4-10(5-7-12)8-14-16(23)20(17(24)25-14)19-15(22)11-2-1-3-13(21)9-11/h1-9,21H,(H,19,22). The highest BCUT2D eigenvalue weighted by molar-refractivity contribution is 8.26. The van der Waals surface area contributed by atoms with Crippen molar-refractivity contribution in [2.75, 3.05) is 0 Å². The number of halogens is 1. The van der Waals surface area contributed by atoms with Crippen LogP contribution < -0.4 is 5.43 Å². The minimum Gasteiger partial charge on any atom is -0.508 e. The quantitative estimate of drug-likeness (QED) is 0.638. The second-order valence-electron chi connectivity index (χ2n) is 5.06. The smallest absolute Gasteiger partial charge is 0.285 e. The summed E-state index contributed by atoms with van der Waals surface area (Å²) in [5.41, 5.74) is 3.25. The van der Waals surface area contributed by atoms with Crippen LogP contribution in [-0.4, -0.2) is 26.3 Å². The van der Waals surface area contributed by atoms with E-state index >= 15 is 0 Å². The third-order valence-corrected chi connectivity index (χ3v) is 4.59. The third kappa shape index (κ3) is 3.86. The molecule has 1 aliphatic rings. The minimum atomic E-state index is -0.574. The number of nitrogens with zero attached hydrogens (tertiary/aromatic N) is 1. The molecular weight excluding hydrogens is 363 g/mol. The molecule has 1 fully saturated rings. The maximum absolute atomic E-state index is 12.9. The summed E-state index contributed by atoms with van der Waals surface area (Å²) in [4.78, 5) is 24.9. The molecule has 0 bridgehead atoms. The van der Waals surface area contributed by atoms with Crippen molar-refractivity contribution in [3.63, 3.8) is 0 Å². The highest BCUT2D eigenvalue weighted by atomic mass is 32.2. The first-order chi connectivity index (χ1) is 11.9. The number of benzene rings is 2. The number of hydrogen-bond acceptors (Lipinski definition) is 5. The molecule has 1 heterocycles. The van der Waals surface area contributed by atoms with Gasteiger partial charge in [0, 0.05) is 5.56 Å². The van der Waals surface area contributed by atoms with Gasteiger partial charge in [-0.1, -0.05) is 30.0 Å². The van der Waals surface area contributed by atoms with E-state index in [1.54, 1.807) is 6.08 Å². The van der Waals surface area contributed by atoms with Crippen LogP contribution in [0.25, 0.3) is 6.08 Å². The third-order valence-electron chi connectivity index (χ3n) is 3.28. The fourth-order valence-electron chi connectivity index (χ4n) is 2.09. The fourth-order valence-corrected chi connectivity index (χ4v) is 3.27. The molecular formula is C17H11FN2O3S2. The van der Waals surface area contributed by atoms with Crippen molar-refractivity contribution in [1.82, 2.24) is 10.4 Å². The van der Waals surface area contributed by atoms with Gasteiger partial charge in [0.1, 0.15) is 11.6 Å². The van der Waals surface area contributed by atoms with Crippen LogP contribution in [0.4, 0.5) is 4.39 Å². The van der Waals surface area contributed by atoms with Gasteiger partial charge in [-0.05, 0) is 54.2 Å². The molecule has 2 amide bonds. The molecule has 5 nitrogen and oxygen atoms in total. The predicted molar refractivity (Wildman–Crippen MR) is 97.0 cm³/mol. The SMILES string of the molecule is O=C(NN1C(=O)C(=Cc2ccc(F)cc2)SC1=S)c1cccc(O)c1. The number of hydrogen-bond donors (Lipinski definition) is 2. The van der Waals surface area contributed by atoms with Crippen LogP contribution in [-0.2, 0) is 4.79 Å². The Hall–Kier alpha value is -2.71. The van der Waals surface area contributed by atoms with Gasteiger partial charge in [0.25, 0.3) is 11.8 Å². The molecule has 126 valence electrons. The van der Waals surface area contributed by atoms with E-state index in [1.165, 1.54) is 48.5 Å². The number of carbonyl (C=O) groups is 2. The number of hydrazine groups is 1. The molecule has 2 N–H and O–H groups in total. The zero-order chi connectivity index (χ0) is 18.0. The Morgan fingerprint density at radius 3 is 2.64 bits per heavy atom. The fraction of sp³-hybridized carbons (Fsp3) is 0. The zero-order valence-electron chi connectivity index (χ0n) is 12.6. The van der Waals surface area contributed by atoms with E-state index in [9.17, 15) is 19.1 Å². The van der Waals surface area contributed by atoms with E-state index in [-0.39, 0.29) is 21.5 Å². The van der Waals surface area contributed by atoms with Crippen LogP contribution in [0.15, 0.2) is 53.4 Å². The summed E-state index contributed by atoms with van der Waals surface area (Å²) in [6, 6.07) is 11.4. The Kier molecular flexibility index (Phi) is 4.82. The van der Waals surface area contributed by atoms with Crippen LogP contribution in [0.2, 0.25) is 0 Å². The maximum Gasteiger partial charge on any atom is 0.285 e. The number of phenolic OH excluding ortho intramolecular Hbond substituents is 1. The normalized spacial score (nSPS) is 15.7. The molecule has 0 unspecified atom stereocenters. The number of amides is 2. The van der Waals surface area contributed by atoms with E-state index in [0.29, 0.717) is 10.5 Å². The molecule has 0 aliphatic carbocycles. The number of thiocarbonyl (C=S) groups is 1.